The number of likely N-dealkylation sites (tertiary alicyclic amines) is 1. The Morgan fingerprint density at radius 2 is 1.71 bits per heavy atom. The lowest BCUT2D eigenvalue weighted by Crippen LogP contribution is -2.50. The smallest absolute Gasteiger partial charge is 0.254 e. The van der Waals surface area contributed by atoms with Gasteiger partial charge in [-0.2, -0.15) is 0 Å². The van der Waals surface area contributed by atoms with E-state index in [0.29, 0.717) is 18.0 Å². The van der Waals surface area contributed by atoms with Crippen LogP contribution in [0, 0.1) is 11.7 Å². The molecule has 5 rings (SSSR count). The number of nitrogens with one attached hydrogen (secondary N) is 1. The molecule has 5 heteroatoms. The molecule has 2 saturated carbocycles. The van der Waals surface area contributed by atoms with Crippen molar-refractivity contribution in [1.82, 2.24) is 10.2 Å². The molecule has 0 spiro atoms. The van der Waals surface area contributed by atoms with Gasteiger partial charge in [-0.15, -0.1) is 0 Å². The highest BCUT2D eigenvalue weighted by Crippen LogP contribution is 2.48. The average molecular weight is 421 g/mol. The molecule has 0 bridgehead atoms. The lowest BCUT2D eigenvalue weighted by atomic mass is 9.84. The number of carbonyl (C=O) groups is 2. The summed E-state index contributed by atoms with van der Waals surface area (Å²) in [5.41, 5.74) is 1.63. The predicted octanol–water partition coefficient (Wildman–Crippen LogP) is 4.45. The topological polar surface area (TPSA) is 49.4 Å². The molecule has 1 aliphatic heterocycles. The predicted molar refractivity (Wildman–Crippen MR) is 117 cm³/mol. The summed E-state index contributed by atoms with van der Waals surface area (Å²) in [5, 5.41) is 3.16. The van der Waals surface area contributed by atoms with Crippen LogP contribution in [0.2, 0.25) is 0 Å². The molecule has 1 saturated heterocycles. The minimum atomic E-state index is -0.412. The van der Waals surface area contributed by atoms with Crippen LogP contribution in [0.5, 0.6) is 0 Å². The normalized spacial score (nSPS) is 26.2. The molecule has 2 amide bonds. The van der Waals surface area contributed by atoms with Crippen molar-refractivity contribution in [2.45, 2.75) is 62.4 Å². The Balaban J connectivity index is 1.33. The molecule has 3 atom stereocenters. The van der Waals surface area contributed by atoms with E-state index >= 15 is 0 Å². The zero-order chi connectivity index (χ0) is 21.4. The number of hydrogen-bond donors (Lipinski definition) is 1. The number of hydrogen-bond acceptors (Lipinski definition) is 2. The van der Waals surface area contributed by atoms with E-state index in [4.69, 9.17) is 0 Å². The minimum absolute atomic E-state index is 0.0326. The van der Waals surface area contributed by atoms with Crippen molar-refractivity contribution >= 4 is 11.8 Å². The van der Waals surface area contributed by atoms with E-state index < -0.39 is 6.04 Å². The number of amides is 2. The van der Waals surface area contributed by atoms with Gasteiger partial charge in [-0.1, -0.05) is 43.2 Å². The van der Waals surface area contributed by atoms with Crippen LogP contribution in [0.1, 0.15) is 60.9 Å². The SMILES string of the molecule is O=C(NCC1(c2ccc(F)cc2)CC1)C1CC2CCCCC2N1C(=O)c1ccccc1. The number of halogens is 1. The fourth-order valence-corrected chi connectivity index (χ4v) is 5.61. The Morgan fingerprint density at radius 1 is 1.00 bits per heavy atom. The maximum Gasteiger partial charge on any atom is 0.254 e. The highest BCUT2D eigenvalue weighted by molar-refractivity contribution is 5.98. The first kappa shape index (κ1) is 20.2. The van der Waals surface area contributed by atoms with Gasteiger partial charge in [0.15, 0.2) is 0 Å². The lowest BCUT2D eigenvalue weighted by Gasteiger charge is -2.34. The van der Waals surface area contributed by atoms with Gasteiger partial charge in [0.05, 0.1) is 0 Å². The zero-order valence-corrected chi connectivity index (χ0v) is 17.7. The maximum absolute atomic E-state index is 13.4. The molecule has 1 heterocycles. The van der Waals surface area contributed by atoms with Gasteiger partial charge in [-0.25, -0.2) is 4.39 Å². The van der Waals surface area contributed by atoms with E-state index in [1.165, 1.54) is 18.6 Å². The Labute approximate surface area is 182 Å². The summed E-state index contributed by atoms with van der Waals surface area (Å²) in [4.78, 5) is 28.6. The van der Waals surface area contributed by atoms with Crippen molar-refractivity contribution in [3.8, 4) is 0 Å². The van der Waals surface area contributed by atoms with Gasteiger partial charge in [0.2, 0.25) is 5.91 Å². The van der Waals surface area contributed by atoms with Crippen LogP contribution in [-0.2, 0) is 10.2 Å². The molecule has 3 unspecified atom stereocenters. The summed E-state index contributed by atoms with van der Waals surface area (Å²) >= 11 is 0. The Morgan fingerprint density at radius 3 is 2.42 bits per heavy atom. The monoisotopic (exact) mass is 420 g/mol. The van der Waals surface area contributed by atoms with E-state index in [1.807, 2.05) is 47.4 Å². The third kappa shape index (κ3) is 3.86. The molecule has 3 fully saturated rings. The minimum Gasteiger partial charge on any atom is -0.353 e. The average Bonchev–Trinajstić information content (AvgIpc) is 3.50. The molecule has 2 aromatic carbocycles. The van der Waals surface area contributed by atoms with Crippen molar-refractivity contribution < 1.29 is 14.0 Å². The molecule has 2 aromatic rings. The zero-order valence-electron chi connectivity index (χ0n) is 17.7. The molecule has 3 aliphatic rings. The Hall–Kier alpha value is -2.69. The van der Waals surface area contributed by atoms with Gasteiger partial charge in [-0.05, 0) is 67.9 Å². The summed E-state index contributed by atoms with van der Waals surface area (Å²) in [6.07, 6.45) is 7.08. The van der Waals surface area contributed by atoms with Crippen LogP contribution in [0.3, 0.4) is 0 Å². The van der Waals surface area contributed by atoms with E-state index in [-0.39, 0.29) is 29.1 Å². The van der Waals surface area contributed by atoms with Gasteiger partial charge >= 0.3 is 0 Å². The van der Waals surface area contributed by atoms with Crippen LogP contribution < -0.4 is 5.32 Å². The molecule has 0 aromatic heterocycles. The van der Waals surface area contributed by atoms with Crippen molar-refractivity contribution in [2.75, 3.05) is 6.54 Å². The molecule has 4 nitrogen and oxygen atoms in total. The maximum atomic E-state index is 13.4. The summed E-state index contributed by atoms with van der Waals surface area (Å²) in [7, 11) is 0. The molecular weight excluding hydrogens is 391 g/mol. The van der Waals surface area contributed by atoms with Crippen molar-refractivity contribution in [3.05, 3.63) is 71.5 Å². The van der Waals surface area contributed by atoms with Crippen LogP contribution >= 0.6 is 0 Å². The molecule has 1 N–H and O–H groups in total. The number of carbonyl (C=O) groups excluding carboxylic acids is 2. The Bertz CT molecular complexity index is 955. The highest BCUT2D eigenvalue weighted by Gasteiger charge is 2.49. The quantitative estimate of drug-likeness (QED) is 0.777. The molecule has 162 valence electrons. The molecule has 2 aliphatic carbocycles. The van der Waals surface area contributed by atoms with E-state index in [9.17, 15) is 14.0 Å². The first-order valence-corrected chi connectivity index (χ1v) is 11.5. The molecule has 0 radical (unpaired) electrons. The number of nitrogens with zero attached hydrogens (tertiary/aromatic N) is 1. The highest BCUT2D eigenvalue weighted by atomic mass is 19.1. The second-order valence-corrected chi connectivity index (χ2v) is 9.45. The first-order chi connectivity index (χ1) is 15.1. The fraction of sp³-hybridized carbons (Fsp3) is 0.462. The molecular formula is C26H29FN2O2. The summed E-state index contributed by atoms with van der Waals surface area (Å²) < 4.78 is 13.3. The number of benzene rings is 2. The Kier molecular flexibility index (Phi) is 5.28. The van der Waals surface area contributed by atoms with E-state index in [1.54, 1.807) is 0 Å². The number of fused-ring (bicyclic) bond motifs is 1. The van der Waals surface area contributed by atoms with Gasteiger partial charge in [0.1, 0.15) is 11.9 Å². The van der Waals surface area contributed by atoms with Crippen molar-refractivity contribution in [1.29, 1.82) is 0 Å². The lowest BCUT2D eigenvalue weighted by molar-refractivity contribution is -0.125. The summed E-state index contributed by atoms with van der Waals surface area (Å²) in [6.45, 7) is 0.538. The summed E-state index contributed by atoms with van der Waals surface area (Å²) in [6, 6.07) is 15.7. The van der Waals surface area contributed by atoms with E-state index in [0.717, 1.165) is 44.1 Å². The number of rotatable bonds is 5. The standard InChI is InChI=1S/C26H29FN2O2/c27-21-12-10-20(11-13-21)26(14-15-26)17-28-24(30)23-16-19-8-4-5-9-22(19)29(23)25(31)18-6-2-1-3-7-18/h1-3,6-7,10-13,19,22-23H,4-5,8-9,14-17H2,(H,28,30). The van der Waals surface area contributed by atoms with Crippen LogP contribution in [0.25, 0.3) is 0 Å². The van der Waals surface area contributed by atoms with Crippen LogP contribution in [0.4, 0.5) is 4.39 Å². The van der Waals surface area contributed by atoms with Gasteiger partial charge in [-0.3, -0.25) is 9.59 Å². The second-order valence-electron chi connectivity index (χ2n) is 9.45. The van der Waals surface area contributed by atoms with Crippen LogP contribution in [0.15, 0.2) is 54.6 Å². The van der Waals surface area contributed by atoms with Gasteiger partial charge in [0.25, 0.3) is 5.91 Å². The largest absolute Gasteiger partial charge is 0.353 e. The van der Waals surface area contributed by atoms with Gasteiger partial charge in [0, 0.05) is 23.6 Å². The fourth-order valence-electron chi connectivity index (χ4n) is 5.61. The van der Waals surface area contributed by atoms with Crippen LogP contribution in [-0.4, -0.2) is 35.3 Å². The summed E-state index contributed by atoms with van der Waals surface area (Å²) in [5.74, 6) is 0.0817. The second kappa shape index (κ2) is 8.10. The third-order valence-electron chi connectivity index (χ3n) is 7.56. The van der Waals surface area contributed by atoms with E-state index in [2.05, 4.69) is 5.32 Å². The molecule has 31 heavy (non-hydrogen) atoms. The van der Waals surface area contributed by atoms with Gasteiger partial charge < -0.3 is 10.2 Å². The van der Waals surface area contributed by atoms with Crippen molar-refractivity contribution in [2.24, 2.45) is 5.92 Å². The first-order valence-electron chi connectivity index (χ1n) is 11.5. The third-order valence-corrected chi connectivity index (χ3v) is 7.56. The van der Waals surface area contributed by atoms with Crippen molar-refractivity contribution in [3.63, 3.8) is 0 Å².